The highest BCUT2D eigenvalue weighted by Crippen LogP contribution is 2.31. The minimum Gasteiger partial charge on any atom is -0.486 e. The summed E-state index contributed by atoms with van der Waals surface area (Å²) in [5, 5.41) is 3.16. The molecule has 0 radical (unpaired) electrons. The largest absolute Gasteiger partial charge is 0.486 e. The van der Waals surface area contributed by atoms with E-state index in [-0.39, 0.29) is 5.91 Å². The van der Waals surface area contributed by atoms with Gasteiger partial charge in [-0.1, -0.05) is 0 Å². The van der Waals surface area contributed by atoms with Gasteiger partial charge in [0.1, 0.15) is 13.2 Å². The van der Waals surface area contributed by atoms with E-state index >= 15 is 0 Å². The number of ether oxygens (including phenoxy) is 2. The van der Waals surface area contributed by atoms with Crippen molar-refractivity contribution < 1.29 is 14.3 Å². The highest BCUT2D eigenvalue weighted by molar-refractivity contribution is 5.95. The summed E-state index contributed by atoms with van der Waals surface area (Å²) >= 11 is 0. The first-order valence-electron chi connectivity index (χ1n) is 7.15. The van der Waals surface area contributed by atoms with Crippen molar-refractivity contribution in [2.75, 3.05) is 33.4 Å². The van der Waals surface area contributed by atoms with Crippen LogP contribution >= 0.6 is 0 Å². The molecule has 1 aromatic rings. The third-order valence-electron chi connectivity index (χ3n) is 3.87. The SMILES string of the molecule is CNCC1CCCN1C(=O)c1ccc2c(c1)OCCO2. The van der Waals surface area contributed by atoms with Crippen molar-refractivity contribution in [1.29, 1.82) is 0 Å². The second-order valence-electron chi connectivity index (χ2n) is 5.21. The molecular formula is C15H20N2O3. The molecule has 1 aromatic carbocycles. The molecule has 1 unspecified atom stereocenters. The molecule has 1 fully saturated rings. The highest BCUT2D eigenvalue weighted by Gasteiger charge is 2.29. The van der Waals surface area contributed by atoms with E-state index < -0.39 is 0 Å². The zero-order valence-corrected chi connectivity index (χ0v) is 11.7. The lowest BCUT2D eigenvalue weighted by Gasteiger charge is -2.25. The Balaban J connectivity index is 1.79. The van der Waals surface area contributed by atoms with E-state index in [0.29, 0.717) is 30.6 Å². The van der Waals surface area contributed by atoms with Gasteiger partial charge < -0.3 is 19.7 Å². The standard InChI is InChI=1S/C15H20N2O3/c1-16-10-12-3-2-6-17(12)15(18)11-4-5-13-14(9-11)20-8-7-19-13/h4-5,9,12,16H,2-3,6-8,10H2,1H3. The first-order chi connectivity index (χ1) is 9.79. The van der Waals surface area contributed by atoms with Gasteiger partial charge in [-0.25, -0.2) is 0 Å². The molecule has 1 amide bonds. The minimum absolute atomic E-state index is 0.0831. The number of rotatable bonds is 3. The van der Waals surface area contributed by atoms with Crippen molar-refractivity contribution in [3.05, 3.63) is 23.8 Å². The van der Waals surface area contributed by atoms with Crippen molar-refractivity contribution in [3.8, 4) is 11.5 Å². The van der Waals surface area contributed by atoms with Gasteiger partial charge in [-0.05, 0) is 38.1 Å². The Hall–Kier alpha value is -1.75. The van der Waals surface area contributed by atoms with Crippen LogP contribution in [0.25, 0.3) is 0 Å². The molecule has 0 spiro atoms. The lowest BCUT2D eigenvalue weighted by atomic mass is 10.1. The Kier molecular flexibility index (Phi) is 3.78. The third kappa shape index (κ3) is 2.45. The number of likely N-dealkylation sites (N-methyl/N-ethyl adjacent to an activating group) is 1. The third-order valence-corrected chi connectivity index (χ3v) is 3.87. The van der Waals surface area contributed by atoms with Gasteiger partial charge in [0.05, 0.1) is 0 Å². The van der Waals surface area contributed by atoms with Crippen molar-refractivity contribution in [3.63, 3.8) is 0 Å². The molecule has 1 atom stereocenters. The van der Waals surface area contributed by atoms with E-state index in [1.807, 2.05) is 24.1 Å². The zero-order valence-electron chi connectivity index (χ0n) is 11.7. The number of nitrogens with one attached hydrogen (secondary N) is 1. The number of fused-ring (bicyclic) bond motifs is 1. The van der Waals surface area contributed by atoms with E-state index in [1.165, 1.54) is 0 Å². The van der Waals surface area contributed by atoms with Crippen LogP contribution in [-0.4, -0.2) is 50.2 Å². The van der Waals surface area contributed by atoms with Gasteiger partial charge in [0.15, 0.2) is 11.5 Å². The summed E-state index contributed by atoms with van der Waals surface area (Å²) < 4.78 is 11.0. The van der Waals surface area contributed by atoms with Crippen LogP contribution in [0, 0.1) is 0 Å². The molecule has 1 N–H and O–H groups in total. The van der Waals surface area contributed by atoms with Gasteiger partial charge in [0.25, 0.3) is 5.91 Å². The van der Waals surface area contributed by atoms with Crippen LogP contribution in [0.5, 0.6) is 11.5 Å². The topological polar surface area (TPSA) is 50.8 Å². The number of hydrogen-bond donors (Lipinski definition) is 1. The van der Waals surface area contributed by atoms with Crippen molar-refractivity contribution in [2.45, 2.75) is 18.9 Å². The summed E-state index contributed by atoms with van der Waals surface area (Å²) in [5.74, 6) is 1.48. The van der Waals surface area contributed by atoms with Gasteiger partial charge in [-0.3, -0.25) is 4.79 Å². The number of likely N-dealkylation sites (tertiary alicyclic amines) is 1. The molecule has 2 heterocycles. The fourth-order valence-electron chi connectivity index (χ4n) is 2.89. The molecule has 0 saturated carbocycles. The van der Waals surface area contributed by atoms with Crippen LogP contribution < -0.4 is 14.8 Å². The Morgan fingerprint density at radius 2 is 2.15 bits per heavy atom. The van der Waals surface area contributed by atoms with E-state index in [9.17, 15) is 4.79 Å². The zero-order chi connectivity index (χ0) is 13.9. The van der Waals surface area contributed by atoms with Crippen LogP contribution in [0.2, 0.25) is 0 Å². The average molecular weight is 276 g/mol. The molecule has 108 valence electrons. The number of amides is 1. The molecule has 5 nitrogen and oxygen atoms in total. The fourth-order valence-corrected chi connectivity index (χ4v) is 2.89. The Labute approximate surface area is 118 Å². The predicted molar refractivity (Wildman–Crippen MR) is 75.4 cm³/mol. The van der Waals surface area contributed by atoms with Gasteiger partial charge in [0.2, 0.25) is 0 Å². The maximum absolute atomic E-state index is 12.6. The second kappa shape index (κ2) is 5.71. The minimum atomic E-state index is 0.0831. The molecule has 2 aliphatic heterocycles. The Morgan fingerprint density at radius 3 is 2.95 bits per heavy atom. The quantitative estimate of drug-likeness (QED) is 0.903. The average Bonchev–Trinajstić information content (AvgIpc) is 2.94. The Morgan fingerprint density at radius 1 is 1.35 bits per heavy atom. The maximum Gasteiger partial charge on any atom is 0.254 e. The molecule has 5 heteroatoms. The van der Waals surface area contributed by atoms with E-state index in [0.717, 1.165) is 31.7 Å². The summed E-state index contributed by atoms with van der Waals surface area (Å²) in [6, 6.07) is 5.74. The van der Waals surface area contributed by atoms with Crippen molar-refractivity contribution >= 4 is 5.91 Å². The highest BCUT2D eigenvalue weighted by atomic mass is 16.6. The lowest BCUT2D eigenvalue weighted by molar-refractivity contribution is 0.0736. The van der Waals surface area contributed by atoms with Gasteiger partial charge in [0, 0.05) is 24.7 Å². The summed E-state index contributed by atoms with van der Waals surface area (Å²) in [5.41, 5.74) is 0.678. The molecule has 2 aliphatic rings. The number of nitrogens with zero attached hydrogens (tertiary/aromatic N) is 1. The van der Waals surface area contributed by atoms with Crippen LogP contribution in [0.4, 0.5) is 0 Å². The lowest BCUT2D eigenvalue weighted by Crippen LogP contribution is -2.40. The maximum atomic E-state index is 12.6. The molecule has 3 rings (SSSR count). The second-order valence-corrected chi connectivity index (χ2v) is 5.21. The van der Waals surface area contributed by atoms with Crippen LogP contribution in [0.3, 0.4) is 0 Å². The van der Waals surface area contributed by atoms with E-state index in [2.05, 4.69) is 5.32 Å². The molecular weight excluding hydrogens is 256 g/mol. The van der Waals surface area contributed by atoms with Gasteiger partial charge in [-0.15, -0.1) is 0 Å². The predicted octanol–water partition coefficient (Wildman–Crippen LogP) is 1.28. The van der Waals surface area contributed by atoms with Crippen molar-refractivity contribution in [2.24, 2.45) is 0 Å². The number of carbonyl (C=O) groups excluding carboxylic acids is 1. The normalized spacial score (nSPS) is 21.1. The summed E-state index contributed by atoms with van der Waals surface area (Å²) in [6.07, 6.45) is 2.14. The number of carbonyl (C=O) groups is 1. The summed E-state index contributed by atoms with van der Waals surface area (Å²) in [4.78, 5) is 14.6. The van der Waals surface area contributed by atoms with Crippen LogP contribution in [-0.2, 0) is 0 Å². The first kappa shape index (κ1) is 13.2. The molecule has 0 bridgehead atoms. The van der Waals surface area contributed by atoms with E-state index in [1.54, 1.807) is 6.07 Å². The summed E-state index contributed by atoms with van der Waals surface area (Å²) in [7, 11) is 1.92. The van der Waals surface area contributed by atoms with E-state index in [4.69, 9.17) is 9.47 Å². The monoisotopic (exact) mass is 276 g/mol. The van der Waals surface area contributed by atoms with Gasteiger partial charge >= 0.3 is 0 Å². The number of hydrogen-bond acceptors (Lipinski definition) is 4. The fraction of sp³-hybridized carbons (Fsp3) is 0.533. The summed E-state index contributed by atoms with van der Waals surface area (Å²) in [6.45, 7) is 2.78. The van der Waals surface area contributed by atoms with Crippen LogP contribution in [0.1, 0.15) is 23.2 Å². The van der Waals surface area contributed by atoms with Crippen molar-refractivity contribution in [1.82, 2.24) is 10.2 Å². The molecule has 1 saturated heterocycles. The Bertz CT molecular complexity index is 504. The first-order valence-corrected chi connectivity index (χ1v) is 7.15. The van der Waals surface area contributed by atoms with Gasteiger partial charge in [-0.2, -0.15) is 0 Å². The number of benzene rings is 1. The smallest absolute Gasteiger partial charge is 0.254 e. The molecule has 0 aromatic heterocycles. The molecule has 20 heavy (non-hydrogen) atoms. The van der Waals surface area contributed by atoms with Crippen LogP contribution in [0.15, 0.2) is 18.2 Å². The molecule has 0 aliphatic carbocycles.